The van der Waals surface area contributed by atoms with Crippen LogP contribution in [0.3, 0.4) is 0 Å². The number of carbonyl (C=O) groups excluding carboxylic acids is 1. The van der Waals surface area contributed by atoms with Gasteiger partial charge in [-0.25, -0.2) is 0 Å². The molecule has 0 amide bonds. The number of rotatable bonds is 19. The zero-order chi connectivity index (χ0) is 20.0. The van der Waals surface area contributed by atoms with Crippen LogP contribution in [0.15, 0.2) is 24.3 Å². The second kappa shape index (κ2) is 21.2. The number of carbonyl (C=O) groups is 1. The summed E-state index contributed by atoms with van der Waals surface area (Å²) < 4.78 is 16.8. The van der Waals surface area contributed by atoms with E-state index in [0.29, 0.717) is 26.2 Å². The van der Waals surface area contributed by atoms with Crippen LogP contribution >= 0.6 is 0 Å². The van der Waals surface area contributed by atoms with Gasteiger partial charge in [0.2, 0.25) is 0 Å². The highest BCUT2D eigenvalue weighted by Crippen LogP contribution is 2.11. The minimum atomic E-state index is -0.211. The summed E-state index contributed by atoms with van der Waals surface area (Å²) >= 11 is 0. The Balaban J connectivity index is 3.99. The van der Waals surface area contributed by atoms with Crippen LogP contribution < -0.4 is 0 Å². The summed E-state index contributed by atoms with van der Waals surface area (Å²) in [6.07, 6.45) is 19.3. The van der Waals surface area contributed by atoms with E-state index in [1.807, 2.05) is 6.92 Å². The highest BCUT2D eigenvalue weighted by Gasteiger charge is 2.11. The summed E-state index contributed by atoms with van der Waals surface area (Å²) in [5.41, 5.74) is 0. The lowest BCUT2D eigenvalue weighted by Crippen LogP contribution is -2.19. The molecule has 158 valence electrons. The smallest absolute Gasteiger partial charge is 0.305 e. The molecule has 0 fully saturated rings. The Labute approximate surface area is 167 Å². The average molecular weight is 383 g/mol. The third kappa shape index (κ3) is 19.4. The van der Waals surface area contributed by atoms with Crippen molar-refractivity contribution >= 4 is 5.97 Å². The molecule has 0 aromatic heterocycles. The lowest BCUT2D eigenvalue weighted by molar-refractivity contribution is -0.151. The number of ether oxygens (including phenoxy) is 3. The van der Waals surface area contributed by atoms with Gasteiger partial charge in [-0.2, -0.15) is 0 Å². The van der Waals surface area contributed by atoms with Crippen molar-refractivity contribution in [2.75, 3.05) is 19.8 Å². The Morgan fingerprint density at radius 2 is 1.33 bits per heavy atom. The molecule has 0 spiro atoms. The van der Waals surface area contributed by atoms with E-state index < -0.39 is 0 Å². The van der Waals surface area contributed by atoms with Gasteiger partial charge in [0.05, 0.1) is 6.61 Å². The Kier molecular flexibility index (Phi) is 20.3. The molecule has 0 unspecified atom stereocenters. The molecule has 0 aromatic rings. The molecule has 27 heavy (non-hydrogen) atoms. The molecule has 0 atom stereocenters. The number of allylic oxidation sites excluding steroid dienone is 4. The van der Waals surface area contributed by atoms with Crippen LogP contribution in [0.25, 0.3) is 0 Å². The van der Waals surface area contributed by atoms with Gasteiger partial charge in [0, 0.05) is 19.6 Å². The summed E-state index contributed by atoms with van der Waals surface area (Å²) in [6, 6.07) is 0. The quantitative estimate of drug-likeness (QED) is 0.113. The van der Waals surface area contributed by atoms with Gasteiger partial charge in [0.1, 0.15) is 0 Å². The average Bonchev–Trinajstić information content (AvgIpc) is 2.66. The molecular weight excluding hydrogens is 340 g/mol. The van der Waals surface area contributed by atoms with Gasteiger partial charge in [0.25, 0.3) is 0 Å². The van der Waals surface area contributed by atoms with Crippen molar-refractivity contribution in [1.82, 2.24) is 0 Å². The maximum absolute atomic E-state index is 11.5. The Hall–Kier alpha value is -1.13. The Morgan fingerprint density at radius 3 is 1.81 bits per heavy atom. The molecule has 0 radical (unpaired) electrons. The fraction of sp³-hybridized carbons (Fsp3) is 0.783. The van der Waals surface area contributed by atoms with Crippen LogP contribution in [-0.4, -0.2) is 32.1 Å². The predicted octanol–water partition coefficient (Wildman–Crippen LogP) is 6.35. The molecule has 0 bridgehead atoms. The number of hydrogen-bond donors (Lipinski definition) is 0. The van der Waals surface area contributed by atoms with E-state index in [9.17, 15) is 4.79 Å². The molecular formula is C23H42O4. The minimum absolute atomic E-state index is 0.137. The van der Waals surface area contributed by atoms with E-state index in [1.165, 1.54) is 0 Å². The number of hydrogen-bond acceptors (Lipinski definition) is 4. The third-order valence-corrected chi connectivity index (χ3v) is 4.07. The van der Waals surface area contributed by atoms with Gasteiger partial charge in [0.15, 0.2) is 6.29 Å². The summed E-state index contributed by atoms with van der Waals surface area (Å²) in [6.45, 7) is 8.00. The Bertz CT molecular complexity index is 353. The fourth-order valence-corrected chi connectivity index (χ4v) is 2.59. The Morgan fingerprint density at radius 1 is 0.778 bits per heavy atom. The minimum Gasteiger partial charge on any atom is -0.466 e. The number of esters is 1. The first-order chi connectivity index (χ1) is 13.2. The second-order valence-electron chi connectivity index (χ2n) is 6.62. The highest BCUT2D eigenvalue weighted by atomic mass is 16.7. The first-order valence-corrected chi connectivity index (χ1v) is 10.9. The summed E-state index contributed by atoms with van der Waals surface area (Å²) in [7, 11) is 0. The van der Waals surface area contributed by atoms with E-state index >= 15 is 0 Å². The number of unbranched alkanes of at least 4 members (excludes halogenated alkanes) is 4. The lowest BCUT2D eigenvalue weighted by atomic mass is 10.2. The molecule has 0 saturated carbocycles. The van der Waals surface area contributed by atoms with Crippen molar-refractivity contribution in [1.29, 1.82) is 0 Å². The van der Waals surface area contributed by atoms with Crippen LogP contribution in [0.4, 0.5) is 0 Å². The SMILES string of the molecule is CC/C=C\CCCCOC(CCCC(=O)OCC)OCCCC/C=C\CC. The summed E-state index contributed by atoms with van der Waals surface area (Å²) in [4.78, 5) is 11.5. The van der Waals surface area contributed by atoms with Crippen LogP contribution in [0.2, 0.25) is 0 Å². The van der Waals surface area contributed by atoms with E-state index in [4.69, 9.17) is 14.2 Å². The summed E-state index contributed by atoms with van der Waals surface area (Å²) in [5.74, 6) is -0.137. The zero-order valence-electron chi connectivity index (χ0n) is 17.9. The third-order valence-electron chi connectivity index (χ3n) is 4.07. The largest absolute Gasteiger partial charge is 0.466 e. The van der Waals surface area contributed by atoms with E-state index in [0.717, 1.165) is 64.2 Å². The molecule has 0 rings (SSSR count). The van der Waals surface area contributed by atoms with Crippen molar-refractivity contribution < 1.29 is 19.0 Å². The van der Waals surface area contributed by atoms with Gasteiger partial charge < -0.3 is 14.2 Å². The van der Waals surface area contributed by atoms with E-state index in [1.54, 1.807) is 0 Å². The molecule has 0 aliphatic carbocycles. The van der Waals surface area contributed by atoms with Gasteiger partial charge in [-0.05, 0) is 71.1 Å². The van der Waals surface area contributed by atoms with Crippen LogP contribution in [0.1, 0.15) is 91.4 Å². The van der Waals surface area contributed by atoms with Crippen molar-refractivity contribution in [2.45, 2.75) is 97.7 Å². The summed E-state index contributed by atoms with van der Waals surface area (Å²) in [5, 5.41) is 0. The predicted molar refractivity (Wildman–Crippen MR) is 113 cm³/mol. The maximum Gasteiger partial charge on any atom is 0.305 e. The molecule has 0 N–H and O–H groups in total. The van der Waals surface area contributed by atoms with Gasteiger partial charge in [-0.15, -0.1) is 0 Å². The highest BCUT2D eigenvalue weighted by molar-refractivity contribution is 5.69. The van der Waals surface area contributed by atoms with Gasteiger partial charge in [-0.3, -0.25) is 4.79 Å². The van der Waals surface area contributed by atoms with E-state index in [2.05, 4.69) is 38.2 Å². The maximum atomic E-state index is 11.5. The molecule has 0 aliphatic heterocycles. The van der Waals surface area contributed by atoms with Crippen molar-refractivity contribution in [3.63, 3.8) is 0 Å². The first-order valence-electron chi connectivity index (χ1n) is 10.9. The molecule has 0 aliphatic rings. The molecule has 4 heteroatoms. The molecule has 0 heterocycles. The van der Waals surface area contributed by atoms with E-state index in [-0.39, 0.29) is 12.3 Å². The first kappa shape index (κ1) is 25.9. The molecule has 4 nitrogen and oxygen atoms in total. The fourth-order valence-electron chi connectivity index (χ4n) is 2.59. The monoisotopic (exact) mass is 382 g/mol. The van der Waals surface area contributed by atoms with Crippen LogP contribution in [-0.2, 0) is 19.0 Å². The van der Waals surface area contributed by atoms with Crippen molar-refractivity contribution in [2.24, 2.45) is 0 Å². The van der Waals surface area contributed by atoms with Gasteiger partial charge >= 0.3 is 5.97 Å². The zero-order valence-corrected chi connectivity index (χ0v) is 17.9. The topological polar surface area (TPSA) is 44.8 Å². The van der Waals surface area contributed by atoms with Crippen LogP contribution in [0, 0.1) is 0 Å². The lowest BCUT2D eigenvalue weighted by Gasteiger charge is -2.18. The van der Waals surface area contributed by atoms with Gasteiger partial charge in [-0.1, -0.05) is 38.2 Å². The van der Waals surface area contributed by atoms with Crippen LogP contribution in [0.5, 0.6) is 0 Å². The van der Waals surface area contributed by atoms with Crippen molar-refractivity contribution in [3.8, 4) is 0 Å². The standard InChI is InChI=1S/C23H42O4/c1-4-7-9-11-13-15-20-26-23(19-17-18-22(24)25-6-3)27-21-16-14-12-10-8-5-2/h7-10,23H,4-6,11-21H2,1-3H3/b9-7-,10-8-. The van der Waals surface area contributed by atoms with Crippen molar-refractivity contribution in [3.05, 3.63) is 24.3 Å². The molecule has 0 aromatic carbocycles. The normalized spacial score (nSPS) is 11.9. The molecule has 0 saturated heterocycles. The second-order valence-corrected chi connectivity index (χ2v) is 6.62.